The Morgan fingerprint density at radius 2 is 1.76 bits per heavy atom. The smallest absolute Gasteiger partial charge is 0.195 e. The quantitative estimate of drug-likeness (QED) is 0.677. The highest BCUT2D eigenvalue weighted by atomic mass is 15.2. The van der Waals surface area contributed by atoms with Crippen LogP contribution in [0.3, 0.4) is 0 Å². The summed E-state index contributed by atoms with van der Waals surface area (Å²) in [6.45, 7) is 6.17. The van der Waals surface area contributed by atoms with Crippen LogP contribution in [-0.4, -0.2) is 5.96 Å². The topological polar surface area (TPSA) is 76.4 Å². The lowest BCUT2D eigenvalue weighted by atomic mass is 9.89. The Labute approximate surface area is 101 Å². The van der Waals surface area contributed by atoms with Gasteiger partial charge in [-0.3, -0.25) is 5.73 Å². The first-order valence-electron chi connectivity index (χ1n) is 5.59. The summed E-state index contributed by atoms with van der Waals surface area (Å²) in [7, 11) is 0. The molecule has 0 saturated carbocycles. The molecule has 0 aliphatic carbocycles. The summed E-state index contributed by atoms with van der Waals surface area (Å²) in [5.74, 6) is 0.342. The van der Waals surface area contributed by atoms with E-state index in [1.807, 2.05) is 19.9 Å². The number of aliphatic imine (C=N–C) groups is 1. The Hall–Kier alpha value is -1.81. The van der Waals surface area contributed by atoms with Gasteiger partial charge in [-0.05, 0) is 38.0 Å². The van der Waals surface area contributed by atoms with Gasteiger partial charge in [0.25, 0.3) is 0 Å². The Morgan fingerprint density at radius 1 is 1.18 bits per heavy atom. The lowest BCUT2D eigenvalue weighted by Gasteiger charge is -2.29. The van der Waals surface area contributed by atoms with E-state index in [9.17, 15) is 0 Å². The number of nitrogens with zero attached hydrogens (tertiary/aromatic N) is 1. The molecule has 0 saturated heterocycles. The van der Waals surface area contributed by atoms with E-state index < -0.39 is 5.66 Å². The molecular formula is C13H18N4. The summed E-state index contributed by atoms with van der Waals surface area (Å²) >= 11 is 0. The van der Waals surface area contributed by atoms with Crippen LogP contribution in [0.15, 0.2) is 29.4 Å². The Balaban J connectivity index is 2.61. The lowest BCUT2D eigenvalue weighted by Crippen LogP contribution is -2.43. The third-order valence-electron chi connectivity index (χ3n) is 2.95. The molecule has 1 aromatic rings. The summed E-state index contributed by atoms with van der Waals surface area (Å²) in [5.41, 5.74) is 15.7. The number of aryl methyl sites for hydroxylation is 3. The molecule has 0 amide bonds. The van der Waals surface area contributed by atoms with Gasteiger partial charge in [-0.25, -0.2) is 4.99 Å². The van der Waals surface area contributed by atoms with E-state index in [4.69, 9.17) is 11.5 Å². The van der Waals surface area contributed by atoms with E-state index in [2.05, 4.69) is 29.4 Å². The monoisotopic (exact) mass is 230 g/mol. The molecule has 5 N–H and O–H groups in total. The second-order valence-electron chi connectivity index (χ2n) is 4.57. The van der Waals surface area contributed by atoms with Crippen LogP contribution in [0.5, 0.6) is 0 Å². The molecule has 1 aromatic carbocycles. The number of rotatable bonds is 1. The van der Waals surface area contributed by atoms with Crippen LogP contribution in [0.25, 0.3) is 0 Å². The van der Waals surface area contributed by atoms with Gasteiger partial charge in [0.1, 0.15) is 0 Å². The minimum Gasteiger partial charge on any atom is -0.370 e. The molecule has 4 nitrogen and oxygen atoms in total. The van der Waals surface area contributed by atoms with E-state index in [0.29, 0.717) is 5.96 Å². The first-order chi connectivity index (χ1) is 7.92. The van der Waals surface area contributed by atoms with Gasteiger partial charge in [-0.15, -0.1) is 0 Å². The second kappa shape index (κ2) is 3.89. The largest absolute Gasteiger partial charge is 0.370 e. The standard InChI is InChI=1S/C13H18N4/c1-8-6-9(2)11(10(3)7-8)13(15)4-5-16-12(14)17-13/h4-7H,15H2,1-3H3,(H3,14,16,17). The molecule has 90 valence electrons. The number of nitrogens with one attached hydrogen (secondary N) is 1. The van der Waals surface area contributed by atoms with Crippen molar-refractivity contribution in [3.8, 4) is 0 Å². The molecule has 0 fully saturated rings. The summed E-state index contributed by atoms with van der Waals surface area (Å²) < 4.78 is 0. The average molecular weight is 230 g/mol. The number of benzene rings is 1. The van der Waals surface area contributed by atoms with Gasteiger partial charge in [0, 0.05) is 11.8 Å². The molecule has 1 heterocycles. The third kappa shape index (κ3) is 2.03. The minimum absolute atomic E-state index is 0.342. The fourth-order valence-electron chi connectivity index (χ4n) is 2.47. The van der Waals surface area contributed by atoms with Crippen molar-refractivity contribution in [2.45, 2.75) is 26.4 Å². The van der Waals surface area contributed by atoms with Crippen molar-refractivity contribution < 1.29 is 0 Å². The number of nitrogens with two attached hydrogens (primary N) is 2. The van der Waals surface area contributed by atoms with Crippen LogP contribution < -0.4 is 16.8 Å². The van der Waals surface area contributed by atoms with Gasteiger partial charge in [0.05, 0.1) is 0 Å². The molecule has 0 radical (unpaired) electrons. The fourth-order valence-corrected chi connectivity index (χ4v) is 2.47. The molecule has 4 heteroatoms. The van der Waals surface area contributed by atoms with Crippen LogP contribution in [0.1, 0.15) is 22.3 Å². The zero-order valence-electron chi connectivity index (χ0n) is 10.4. The SMILES string of the molecule is Cc1cc(C)c(C2(N)C=CNC(N)=N2)c(C)c1. The summed E-state index contributed by atoms with van der Waals surface area (Å²) in [4.78, 5) is 4.31. The van der Waals surface area contributed by atoms with E-state index in [1.165, 1.54) is 5.56 Å². The van der Waals surface area contributed by atoms with Crippen molar-refractivity contribution in [1.82, 2.24) is 5.32 Å². The van der Waals surface area contributed by atoms with Crippen molar-refractivity contribution in [2.24, 2.45) is 16.5 Å². The van der Waals surface area contributed by atoms with Crippen LogP contribution in [0.2, 0.25) is 0 Å². The van der Waals surface area contributed by atoms with Gasteiger partial charge >= 0.3 is 0 Å². The zero-order valence-corrected chi connectivity index (χ0v) is 10.4. The van der Waals surface area contributed by atoms with Crippen molar-refractivity contribution in [1.29, 1.82) is 0 Å². The molecule has 0 bridgehead atoms. The summed E-state index contributed by atoms with van der Waals surface area (Å²) in [5, 5.41) is 2.82. The van der Waals surface area contributed by atoms with Crippen LogP contribution in [0, 0.1) is 20.8 Å². The molecule has 1 atom stereocenters. The summed E-state index contributed by atoms with van der Waals surface area (Å²) in [6, 6.07) is 4.22. The Kier molecular flexibility index (Phi) is 2.67. The van der Waals surface area contributed by atoms with Crippen molar-refractivity contribution >= 4 is 5.96 Å². The van der Waals surface area contributed by atoms with Gasteiger partial charge in [0.15, 0.2) is 11.6 Å². The van der Waals surface area contributed by atoms with Crippen molar-refractivity contribution in [3.05, 3.63) is 46.7 Å². The fraction of sp³-hybridized carbons (Fsp3) is 0.308. The maximum absolute atomic E-state index is 6.33. The Bertz CT molecular complexity index is 493. The van der Waals surface area contributed by atoms with Gasteiger partial charge in [0.2, 0.25) is 0 Å². The third-order valence-corrected chi connectivity index (χ3v) is 2.95. The lowest BCUT2D eigenvalue weighted by molar-refractivity contribution is 0.573. The molecule has 1 unspecified atom stereocenters. The van der Waals surface area contributed by atoms with Crippen LogP contribution >= 0.6 is 0 Å². The molecule has 0 spiro atoms. The highest BCUT2D eigenvalue weighted by molar-refractivity contribution is 5.80. The Morgan fingerprint density at radius 3 is 2.29 bits per heavy atom. The molecular weight excluding hydrogens is 212 g/mol. The van der Waals surface area contributed by atoms with Gasteiger partial charge in [-0.2, -0.15) is 0 Å². The van der Waals surface area contributed by atoms with Crippen molar-refractivity contribution in [2.75, 3.05) is 0 Å². The normalized spacial score (nSPS) is 23.2. The number of hydrogen-bond donors (Lipinski definition) is 3. The molecule has 1 aliphatic rings. The molecule has 0 aromatic heterocycles. The van der Waals surface area contributed by atoms with E-state index in [1.54, 1.807) is 6.20 Å². The first-order valence-corrected chi connectivity index (χ1v) is 5.59. The average Bonchev–Trinajstić information content (AvgIpc) is 2.14. The van der Waals surface area contributed by atoms with Crippen LogP contribution in [0.4, 0.5) is 0 Å². The number of guanidine groups is 1. The predicted octanol–water partition coefficient (Wildman–Crippen LogP) is 1.15. The zero-order chi connectivity index (χ0) is 12.6. The predicted molar refractivity (Wildman–Crippen MR) is 70.4 cm³/mol. The molecule has 2 rings (SSSR count). The maximum atomic E-state index is 6.33. The molecule has 17 heavy (non-hydrogen) atoms. The highest BCUT2D eigenvalue weighted by Crippen LogP contribution is 2.30. The van der Waals surface area contributed by atoms with E-state index in [0.717, 1.165) is 16.7 Å². The number of hydrogen-bond acceptors (Lipinski definition) is 4. The maximum Gasteiger partial charge on any atom is 0.195 e. The second-order valence-corrected chi connectivity index (χ2v) is 4.57. The highest BCUT2D eigenvalue weighted by Gasteiger charge is 2.29. The van der Waals surface area contributed by atoms with E-state index >= 15 is 0 Å². The van der Waals surface area contributed by atoms with Crippen molar-refractivity contribution in [3.63, 3.8) is 0 Å². The minimum atomic E-state index is -0.864. The molecule has 1 aliphatic heterocycles. The van der Waals surface area contributed by atoms with E-state index in [-0.39, 0.29) is 0 Å². The van der Waals surface area contributed by atoms with Gasteiger partial charge < -0.3 is 11.1 Å². The van der Waals surface area contributed by atoms with Crippen LogP contribution in [-0.2, 0) is 5.66 Å². The van der Waals surface area contributed by atoms with Gasteiger partial charge in [-0.1, -0.05) is 17.7 Å². The first kappa shape index (κ1) is 11.7. The summed E-state index contributed by atoms with van der Waals surface area (Å²) in [6.07, 6.45) is 3.56.